The number of primary amides is 1. The molecule has 21 heavy (non-hydrogen) atoms. The van der Waals surface area contributed by atoms with Gasteiger partial charge in [0.15, 0.2) is 0 Å². The second-order valence-electron chi connectivity index (χ2n) is 7.27. The van der Waals surface area contributed by atoms with E-state index in [1.807, 2.05) is 13.8 Å². The van der Waals surface area contributed by atoms with Crippen LogP contribution >= 0.6 is 0 Å². The molecule has 3 atom stereocenters. The van der Waals surface area contributed by atoms with Gasteiger partial charge < -0.3 is 11.1 Å². The predicted octanol–water partition coefficient (Wildman–Crippen LogP) is 2.27. The number of carbonyl (C=O) groups is 1. The van der Waals surface area contributed by atoms with E-state index >= 15 is 0 Å². The Bertz CT molecular complexity index is 354. The zero-order chi connectivity index (χ0) is 15.5. The zero-order valence-electron chi connectivity index (χ0n) is 14.0. The quantitative estimate of drug-likeness (QED) is 0.757. The molecule has 0 aromatic heterocycles. The highest BCUT2D eigenvalue weighted by atomic mass is 16.1. The molecule has 2 rings (SSSR count). The molecule has 0 radical (unpaired) electrons. The molecule has 1 aliphatic carbocycles. The number of rotatable bonds is 7. The first-order valence-corrected chi connectivity index (χ1v) is 8.78. The Morgan fingerprint density at radius 2 is 2.00 bits per heavy atom. The number of nitrogens with two attached hydrogens (primary N) is 1. The maximum atomic E-state index is 11.8. The lowest BCUT2D eigenvalue weighted by Crippen LogP contribution is -2.57. The largest absolute Gasteiger partial charge is 0.368 e. The summed E-state index contributed by atoms with van der Waals surface area (Å²) in [5, 5.41) is 3.30. The number of carbonyl (C=O) groups excluding carboxylic acids is 1. The lowest BCUT2D eigenvalue weighted by molar-refractivity contribution is -0.124. The second kappa shape index (κ2) is 7.10. The van der Waals surface area contributed by atoms with E-state index in [0.717, 1.165) is 24.9 Å². The van der Waals surface area contributed by atoms with Crippen molar-refractivity contribution >= 4 is 5.91 Å². The SMILES string of the molecule is CCNC(C)(CC(C)N1CCCC1C1CCCC1)C(N)=O. The van der Waals surface area contributed by atoms with Gasteiger partial charge >= 0.3 is 0 Å². The van der Waals surface area contributed by atoms with E-state index in [2.05, 4.69) is 17.1 Å². The Morgan fingerprint density at radius 3 is 2.57 bits per heavy atom. The van der Waals surface area contributed by atoms with Crippen LogP contribution in [0, 0.1) is 5.92 Å². The molecule has 0 aromatic carbocycles. The Labute approximate surface area is 129 Å². The number of hydrogen-bond donors (Lipinski definition) is 2. The van der Waals surface area contributed by atoms with Crippen molar-refractivity contribution in [3.05, 3.63) is 0 Å². The lowest BCUT2D eigenvalue weighted by atomic mass is 9.90. The molecule has 122 valence electrons. The van der Waals surface area contributed by atoms with Gasteiger partial charge in [-0.05, 0) is 65.0 Å². The van der Waals surface area contributed by atoms with E-state index in [4.69, 9.17) is 5.73 Å². The molecule has 0 spiro atoms. The number of likely N-dealkylation sites (tertiary alicyclic amines) is 1. The van der Waals surface area contributed by atoms with Crippen LogP contribution in [0.5, 0.6) is 0 Å². The van der Waals surface area contributed by atoms with Gasteiger partial charge in [0.1, 0.15) is 0 Å². The molecule has 4 nitrogen and oxygen atoms in total. The fourth-order valence-electron chi connectivity index (χ4n) is 4.57. The molecule has 4 heteroatoms. The van der Waals surface area contributed by atoms with Crippen molar-refractivity contribution in [3.8, 4) is 0 Å². The summed E-state index contributed by atoms with van der Waals surface area (Å²) in [6.07, 6.45) is 9.05. The van der Waals surface area contributed by atoms with Crippen LogP contribution in [0.25, 0.3) is 0 Å². The van der Waals surface area contributed by atoms with Crippen LogP contribution in [0.4, 0.5) is 0 Å². The number of hydrogen-bond acceptors (Lipinski definition) is 3. The summed E-state index contributed by atoms with van der Waals surface area (Å²) in [5.74, 6) is 0.654. The Hall–Kier alpha value is -0.610. The van der Waals surface area contributed by atoms with Crippen molar-refractivity contribution in [3.63, 3.8) is 0 Å². The molecule has 1 saturated heterocycles. The van der Waals surface area contributed by atoms with Crippen LogP contribution in [-0.4, -0.2) is 41.5 Å². The smallest absolute Gasteiger partial charge is 0.237 e. The van der Waals surface area contributed by atoms with Crippen molar-refractivity contribution in [2.75, 3.05) is 13.1 Å². The fourth-order valence-corrected chi connectivity index (χ4v) is 4.57. The monoisotopic (exact) mass is 295 g/mol. The van der Waals surface area contributed by atoms with Gasteiger partial charge in [-0.25, -0.2) is 0 Å². The molecule has 0 bridgehead atoms. The van der Waals surface area contributed by atoms with Gasteiger partial charge in [-0.1, -0.05) is 19.8 Å². The van der Waals surface area contributed by atoms with E-state index in [-0.39, 0.29) is 5.91 Å². The maximum absolute atomic E-state index is 11.8. The Kier molecular flexibility index (Phi) is 5.67. The first-order chi connectivity index (χ1) is 9.98. The lowest BCUT2D eigenvalue weighted by Gasteiger charge is -2.38. The van der Waals surface area contributed by atoms with Crippen LogP contribution in [0.3, 0.4) is 0 Å². The highest BCUT2D eigenvalue weighted by Gasteiger charge is 2.39. The third-order valence-electron chi connectivity index (χ3n) is 5.67. The molecule has 1 saturated carbocycles. The van der Waals surface area contributed by atoms with Crippen LogP contribution in [0.2, 0.25) is 0 Å². The van der Waals surface area contributed by atoms with Gasteiger partial charge in [-0.15, -0.1) is 0 Å². The molecule has 0 aromatic rings. The molecule has 1 heterocycles. The molecular weight excluding hydrogens is 262 g/mol. The average Bonchev–Trinajstić information content (AvgIpc) is 3.09. The standard InChI is InChI=1S/C17H33N3O/c1-4-19-17(3,16(18)21)12-13(2)20-11-7-10-15(20)14-8-5-6-9-14/h13-15,19H,4-12H2,1-3H3,(H2,18,21). The topological polar surface area (TPSA) is 58.4 Å². The summed E-state index contributed by atoms with van der Waals surface area (Å²) < 4.78 is 0. The minimum Gasteiger partial charge on any atom is -0.368 e. The van der Waals surface area contributed by atoms with Crippen LogP contribution in [0.1, 0.15) is 65.7 Å². The van der Waals surface area contributed by atoms with Crippen molar-refractivity contribution < 1.29 is 4.79 Å². The summed E-state index contributed by atoms with van der Waals surface area (Å²) in [7, 11) is 0. The van der Waals surface area contributed by atoms with Gasteiger partial charge in [0, 0.05) is 12.1 Å². The Morgan fingerprint density at radius 1 is 1.33 bits per heavy atom. The molecule has 1 amide bonds. The van der Waals surface area contributed by atoms with Crippen LogP contribution in [-0.2, 0) is 4.79 Å². The second-order valence-corrected chi connectivity index (χ2v) is 7.27. The Balaban J connectivity index is 2.00. The summed E-state index contributed by atoms with van der Waals surface area (Å²) in [4.78, 5) is 14.5. The number of nitrogens with zero attached hydrogens (tertiary/aromatic N) is 1. The van der Waals surface area contributed by atoms with Gasteiger partial charge in [0.2, 0.25) is 5.91 Å². The molecule has 2 aliphatic rings. The van der Waals surface area contributed by atoms with Crippen LogP contribution < -0.4 is 11.1 Å². The van der Waals surface area contributed by atoms with Crippen molar-refractivity contribution in [1.82, 2.24) is 10.2 Å². The highest BCUT2D eigenvalue weighted by Crippen LogP contribution is 2.37. The summed E-state index contributed by atoms with van der Waals surface area (Å²) in [5.41, 5.74) is 5.05. The minimum absolute atomic E-state index is 0.229. The zero-order valence-corrected chi connectivity index (χ0v) is 14.0. The fraction of sp³-hybridized carbons (Fsp3) is 0.941. The molecule has 2 fully saturated rings. The van der Waals surface area contributed by atoms with E-state index in [1.54, 1.807) is 0 Å². The van der Waals surface area contributed by atoms with Gasteiger partial charge in [0.05, 0.1) is 5.54 Å². The van der Waals surface area contributed by atoms with E-state index in [1.165, 1.54) is 45.1 Å². The molecule has 1 aliphatic heterocycles. The average molecular weight is 295 g/mol. The van der Waals surface area contributed by atoms with Crippen molar-refractivity contribution in [1.29, 1.82) is 0 Å². The molecule has 3 N–H and O–H groups in total. The maximum Gasteiger partial charge on any atom is 0.237 e. The summed E-state index contributed by atoms with van der Waals surface area (Å²) >= 11 is 0. The summed E-state index contributed by atoms with van der Waals surface area (Å²) in [6.45, 7) is 8.21. The van der Waals surface area contributed by atoms with Gasteiger partial charge in [-0.3, -0.25) is 9.69 Å². The van der Waals surface area contributed by atoms with E-state index in [9.17, 15) is 4.79 Å². The predicted molar refractivity (Wildman–Crippen MR) is 87.0 cm³/mol. The third-order valence-corrected chi connectivity index (χ3v) is 5.67. The van der Waals surface area contributed by atoms with Crippen LogP contribution in [0.15, 0.2) is 0 Å². The number of likely N-dealkylation sites (N-methyl/N-ethyl adjacent to an activating group) is 1. The molecule has 3 unspecified atom stereocenters. The first-order valence-electron chi connectivity index (χ1n) is 8.78. The van der Waals surface area contributed by atoms with Gasteiger partial charge in [0.25, 0.3) is 0 Å². The minimum atomic E-state index is -0.586. The van der Waals surface area contributed by atoms with E-state index in [0.29, 0.717) is 6.04 Å². The number of nitrogens with one attached hydrogen (secondary N) is 1. The third kappa shape index (κ3) is 3.78. The first kappa shape index (κ1) is 16.8. The molecular formula is C17H33N3O. The van der Waals surface area contributed by atoms with E-state index < -0.39 is 5.54 Å². The normalized spacial score (nSPS) is 28.6. The van der Waals surface area contributed by atoms with Gasteiger partial charge in [-0.2, -0.15) is 0 Å². The number of amides is 1. The van der Waals surface area contributed by atoms with Crippen molar-refractivity contribution in [2.45, 2.75) is 83.3 Å². The highest BCUT2D eigenvalue weighted by molar-refractivity contribution is 5.84. The summed E-state index contributed by atoms with van der Waals surface area (Å²) in [6, 6.07) is 1.15. The van der Waals surface area contributed by atoms with Crippen molar-refractivity contribution in [2.24, 2.45) is 11.7 Å².